The number of aryl methyl sites for hydroxylation is 2. The van der Waals surface area contributed by atoms with Crippen LogP contribution in [0.5, 0.6) is 0 Å². The van der Waals surface area contributed by atoms with Crippen LogP contribution in [0.1, 0.15) is 23.3 Å². The lowest BCUT2D eigenvalue weighted by Crippen LogP contribution is -2.45. The van der Waals surface area contributed by atoms with Crippen molar-refractivity contribution in [2.45, 2.75) is 36.9 Å². The quantitative estimate of drug-likeness (QED) is 0.846. The van der Waals surface area contributed by atoms with Crippen LogP contribution >= 0.6 is 11.3 Å². The van der Waals surface area contributed by atoms with Crippen molar-refractivity contribution in [2.75, 3.05) is 19.6 Å². The Labute approximate surface area is 128 Å². The van der Waals surface area contributed by atoms with E-state index in [1.165, 1.54) is 11.3 Å². The monoisotopic (exact) mass is 332 g/mol. The van der Waals surface area contributed by atoms with E-state index in [9.17, 15) is 13.2 Å². The smallest absolute Gasteiger partial charge is 0.317 e. The summed E-state index contributed by atoms with van der Waals surface area (Å²) in [7, 11) is -3.47. The SMILES string of the molecule is Cc1cc(S(=O)(=O)NC2CCN(CC(=O)O)CC2)sc1C. The summed E-state index contributed by atoms with van der Waals surface area (Å²) < 4.78 is 27.7. The molecule has 0 aromatic carbocycles. The molecule has 0 amide bonds. The molecule has 1 aliphatic rings. The van der Waals surface area contributed by atoms with Crippen LogP contribution in [0.15, 0.2) is 10.3 Å². The lowest BCUT2D eigenvalue weighted by atomic mass is 10.1. The van der Waals surface area contributed by atoms with Gasteiger partial charge in [-0.15, -0.1) is 11.3 Å². The predicted octanol–water partition coefficient (Wildman–Crippen LogP) is 1.19. The number of carboxylic acid groups (broad SMARTS) is 1. The minimum absolute atomic E-state index is 0.0167. The lowest BCUT2D eigenvalue weighted by Gasteiger charge is -2.30. The summed E-state index contributed by atoms with van der Waals surface area (Å²) in [5.74, 6) is -0.849. The number of hydrogen-bond donors (Lipinski definition) is 2. The van der Waals surface area contributed by atoms with Crippen molar-refractivity contribution in [1.29, 1.82) is 0 Å². The highest BCUT2D eigenvalue weighted by Gasteiger charge is 2.26. The molecule has 21 heavy (non-hydrogen) atoms. The molecule has 0 spiro atoms. The second kappa shape index (κ2) is 6.43. The maximum absolute atomic E-state index is 12.3. The molecular formula is C13H20N2O4S2. The van der Waals surface area contributed by atoms with Gasteiger partial charge in [-0.1, -0.05) is 0 Å². The van der Waals surface area contributed by atoms with Crippen LogP contribution in [-0.4, -0.2) is 50.1 Å². The average Bonchev–Trinajstić information content (AvgIpc) is 2.72. The zero-order chi connectivity index (χ0) is 15.6. The molecule has 1 aromatic rings. The van der Waals surface area contributed by atoms with Gasteiger partial charge < -0.3 is 5.11 Å². The first-order chi connectivity index (χ1) is 9.78. The maximum Gasteiger partial charge on any atom is 0.317 e. The molecule has 2 heterocycles. The van der Waals surface area contributed by atoms with E-state index in [0.717, 1.165) is 10.4 Å². The van der Waals surface area contributed by atoms with Gasteiger partial charge in [0.15, 0.2) is 0 Å². The number of aliphatic carboxylic acids is 1. The first-order valence-electron chi connectivity index (χ1n) is 6.81. The molecule has 118 valence electrons. The molecular weight excluding hydrogens is 312 g/mol. The molecule has 6 nitrogen and oxygen atoms in total. The minimum Gasteiger partial charge on any atom is -0.480 e. The summed E-state index contributed by atoms with van der Waals surface area (Å²) in [5.41, 5.74) is 0.983. The van der Waals surface area contributed by atoms with Gasteiger partial charge in [-0.2, -0.15) is 0 Å². The summed E-state index contributed by atoms with van der Waals surface area (Å²) in [6.07, 6.45) is 1.27. The normalized spacial score (nSPS) is 18.0. The van der Waals surface area contributed by atoms with Gasteiger partial charge in [0.25, 0.3) is 0 Å². The third-order valence-corrected chi connectivity index (χ3v) is 6.82. The van der Waals surface area contributed by atoms with Gasteiger partial charge in [0, 0.05) is 24.0 Å². The highest BCUT2D eigenvalue weighted by Crippen LogP contribution is 2.25. The van der Waals surface area contributed by atoms with Crippen molar-refractivity contribution in [1.82, 2.24) is 9.62 Å². The third-order valence-electron chi connectivity index (χ3n) is 3.68. The zero-order valence-electron chi connectivity index (χ0n) is 12.1. The predicted molar refractivity (Wildman–Crippen MR) is 81.2 cm³/mol. The third kappa shape index (κ3) is 4.26. The van der Waals surface area contributed by atoms with E-state index < -0.39 is 16.0 Å². The second-order valence-electron chi connectivity index (χ2n) is 5.37. The Bertz CT molecular complexity index is 597. The Morgan fingerprint density at radius 2 is 2.05 bits per heavy atom. The topological polar surface area (TPSA) is 86.7 Å². The van der Waals surface area contributed by atoms with E-state index in [1.807, 2.05) is 18.7 Å². The van der Waals surface area contributed by atoms with Crippen LogP contribution in [0.3, 0.4) is 0 Å². The lowest BCUT2D eigenvalue weighted by molar-refractivity contribution is -0.138. The van der Waals surface area contributed by atoms with E-state index in [2.05, 4.69) is 4.72 Å². The summed E-state index contributed by atoms with van der Waals surface area (Å²) in [6, 6.07) is 1.57. The molecule has 0 unspecified atom stereocenters. The first kappa shape index (κ1) is 16.4. The van der Waals surface area contributed by atoms with Crippen molar-refractivity contribution in [3.63, 3.8) is 0 Å². The van der Waals surface area contributed by atoms with Crippen LogP contribution in [0.25, 0.3) is 0 Å². The fourth-order valence-corrected chi connectivity index (χ4v) is 5.19. The molecule has 0 bridgehead atoms. The Morgan fingerprint density at radius 3 is 2.52 bits per heavy atom. The van der Waals surface area contributed by atoms with Gasteiger partial charge in [-0.3, -0.25) is 9.69 Å². The fraction of sp³-hybridized carbons (Fsp3) is 0.615. The maximum atomic E-state index is 12.3. The molecule has 1 saturated heterocycles. The summed E-state index contributed by atoms with van der Waals surface area (Å²) in [4.78, 5) is 13.5. The van der Waals surface area contributed by atoms with Crippen LogP contribution in [-0.2, 0) is 14.8 Å². The molecule has 2 N–H and O–H groups in total. The highest BCUT2D eigenvalue weighted by molar-refractivity contribution is 7.91. The Kier molecular flexibility index (Phi) is 5.03. The van der Waals surface area contributed by atoms with Gasteiger partial charge in [0.1, 0.15) is 4.21 Å². The Hall–Kier alpha value is -0.960. The number of hydrogen-bond acceptors (Lipinski definition) is 5. The van der Waals surface area contributed by atoms with E-state index >= 15 is 0 Å². The number of rotatable bonds is 5. The average molecular weight is 332 g/mol. The van der Waals surface area contributed by atoms with Gasteiger partial charge in [-0.25, -0.2) is 13.1 Å². The van der Waals surface area contributed by atoms with Crippen LogP contribution in [0.4, 0.5) is 0 Å². The molecule has 0 atom stereocenters. The van der Waals surface area contributed by atoms with Crippen molar-refractivity contribution < 1.29 is 18.3 Å². The number of nitrogens with zero attached hydrogens (tertiary/aromatic N) is 1. The van der Waals surface area contributed by atoms with Crippen molar-refractivity contribution >= 4 is 27.3 Å². The summed E-state index contributed by atoms with van der Waals surface area (Å²) in [6.45, 7) is 5.02. The number of thiophene rings is 1. The highest BCUT2D eigenvalue weighted by atomic mass is 32.2. The summed E-state index contributed by atoms with van der Waals surface area (Å²) in [5, 5.41) is 8.74. The molecule has 1 aromatic heterocycles. The van der Waals surface area contributed by atoms with E-state index in [4.69, 9.17) is 5.11 Å². The second-order valence-corrected chi connectivity index (χ2v) is 8.57. The molecule has 2 rings (SSSR count). The standard InChI is InChI=1S/C13H20N2O4S2/c1-9-7-13(20-10(9)2)21(18,19)14-11-3-5-15(6-4-11)8-12(16)17/h7,11,14H,3-6,8H2,1-2H3,(H,16,17). The molecule has 0 radical (unpaired) electrons. The number of piperidine rings is 1. The van der Waals surface area contributed by atoms with Gasteiger partial charge in [0.05, 0.1) is 6.54 Å². The van der Waals surface area contributed by atoms with Crippen molar-refractivity contribution in [2.24, 2.45) is 0 Å². The van der Waals surface area contributed by atoms with E-state index in [0.29, 0.717) is 30.1 Å². The Morgan fingerprint density at radius 1 is 1.43 bits per heavy atom. The number of carbonyl (C=O) groups is 1. The number of likely N-dealkylation sites (tertiary alicyclic amines) is 1. The molecule has 1 aliphatic heterocycles. The van der Waals surface area contributed by atoms with Crippen molar-refractivity contribution in [3.8, 4) is 0 Å². The largest absolute Gasteiger partial charge is 0.480 e. The summed E-state index contributed by atoms with van der Waals surface area (Å²) >= 11 is 1.28. The van der Waals surface area contributed by atoms with E-state index in [1.54, 1.807) is 6.07 Å². The number of nitrogens with one attached hydrogen (secondary N) is 1. The van der Waals surface area contributed by atoms with Crippen LogP contribution in [0.2, 0.25) is 0 Å². The van der Waals surface area contributed by atoms with Gasteiger partial charge in [-0.05, 0) is 38.3 Å². The van der Waals surface area contributed by atoms with Crippen LogP contribution in [0, 0.1) is 13.8 Å². The Balaban J connectivity index is 1.95. The molecule has 8 heteroatoms. The van der Waals surface area contributed by atoms with Crippen LogP contribution < -0.4 is 4.72 Å². The molecule has 1 fully saturated rings. The van der Waals surface area contributed by atoms with Crippen molar-refractivity contribution in [3.05, 3.63) is 16.5 Å². The minimum atomic E-state index is -3.47. The molecule has 0 aliphatic carbocycles. The van der Waals surface area contributed by atoms with E-state index in [-0.39, 0.29) is 12.6 Å². The first-order valence-corrected chi connectivity index (χ1v) is 9.11. The van der Waals surface area contributed by atoms with Gasteiger partial charge >= 0.3 is 5.97 Å². The number of carboxylic acids is 1. The zero-order valence-corrected chi connectivity index (χ0v) is 13.8. The van der Waals surface area contributed by atoms with Gasteiger partial charge in [0.2, 0.25) is 10.0 Å². The number of sulfonamides is 1. The molecule has 0 saturated carbocycles. The fourth-order valence-electron chi connectivity index (χ4n) is 2.35.